The summed E-state index contributed by atoms with van der Waals surface area (Å²) in [6.07, 6.45) is 7.91. The van der Waals surface area contributed by atoms with Crippen LogP contribution in [0, 0.1) is 30.3 Å². The molecule has 0 atom stereocenters. The second-order valence-corrected chi connectivity index (χ2v) is 22.2. The molecule has 0 radical (unpaired) electrons. The van der Waals surface area contributed by atoms with E-state index in [4.69, 9.17) is 9.72 Å². The molecule has 0 fully saturated rings. The summed E-state index contributed by atoms with van der Waals surface area (Å²) in [6.45, 7) is 36.6. The van der Waals surface area contributed by atoms with Crippen molar-refractivity contribution in [2.24, 2.45) is 11.8 Å². The zero-order valence-corrected chi connectivity index (χ0v) is 42.4. The Morgan fingerprint density at radius 3 is 1.84 bits per heavy atom. The maximum atomic E-state index is 6.89. The monoisotopic (exact) mass is 1010 g/mol. The van der Waals surface area contributed by atoms with Gasteiger partial charge in [-0.2, -0.15) is 17.7 Å². The van der Waals surface area contributed by atoms with Gasteiger partial charge in [-0.05, 0) is 93.3 Å². The molecule has 5 nitrogen and oxygen atoms in total. The molecular weight excluding hydrogens is 940 g/mol. The Balaban J connectivity index is 0.00000641. The molecule has 0 amide bonds. The molecule has 0 bridgehead atoms. The molecular formula is C56H68N4OPt-2. The topological polar surface area (TPSA) is 35.9 Å². The Morgan fingerprint density at radius 1 is 0.629 bits per heavy atom. The van der Waals surface area contributed by atoms with Gasteiger partial charge in [-0.25, -0.2) is 4.98 Å². The van der Waals surface area contributed by atoms with Gasteiger partial charge in [-0.3, -0.25) is 4.57 Å². The number of hydrogen-bond donors (Lipinski definition) is 0. The number of aromatic nitrogens is 4. The fraction of sp³-hybridized carbons (Fsp3) is 0.429. The van der Waals surface area contributed by atoms with Crippen LogP contribution in [0.4, 0.5) is 0 Å². The first-order valence-corrected chi connectivity index (χ1v) is 22.3. The van der Waals surface area contributed by atoms with Gasteiger partial charge in [0.15, 0.2) is 0 Å². The van der Waals surface area contributed by atoms with Crippen molar-refractivity contribution in [1.29, 1.82) is 0 Å². The molecule has 3 aromatic heterocycles. The van der Waals surface area contributed by atoms with Crippen molar-refractivity contribution in [3.63, 3.8) is 0 Å². The molecule has 0 saturated carbocycles. The van der Waals surface area contributed by atoms with Crippen molar-refractivity contribution in [1.82, 2.24) is 14.1 Å². The van der Waals surface area contributed by atoms with Crippen LogP contribution in [0.15, 0.2) is 85.1 Å². The van der Waals surface area contributed by atoms with Gasteiger partial charge in [0, 0.05) is 44.3 Å². The van der Waals surface area contributed by atoms with E-state index in [1.165, 1.54) is 28.1 Å². The van der Waals surface area contributed by atoms with Crippen molar-refractivity contribution in [3.05, 3.63) is 137 Å². The van der Waals surface area contributed by atoms with Crippen LogP contribution in [0.3, 0.4) is 0 Å². The van der Waals surface area contributed by atoms with E-state index >= 15 is 0 Å². The van der Waals surface area contributed by atoms with E-state index in [0.29, 0.717) is 23.3 Å². The predicted octanol–water partition coefficient (Wildman–Crippen LogP) is 14.0. The number of para-hydroxylation sites is 1. The van der Waals surface area contributed by atoms with Gasteiger partial charge in [0.1, 0.15) is 5.82 Å². The Hall–Kier alpha value is -4.47. The Bertz CT molecular complexity index is 2690. The largest absolute Gasteiger partial charge is 0.510 e. The number of ether oxygens (including phenoxy) is 1. The third-order valence-corrected chi connectivity index (χ3v) is 11.4. The summed E-state index contributed by atoms with van der Waals surface area (Å²) in [5, 5.41) is 2.25. The van der Waals surface area contributed by atoms with Gasteiger partial charge >= 0.3 is 0 Å². The second kappa shape index (κ2) is 17.2. The van der Waals surface area contributed by atoms with Crippen LogP contribution < -0.4 is 9.30 Å². The van der Waals surface area contributed by atoms with E-state index in [2.05, 4.69) is 216 Å². The van der Waals surface area contributed by atoms with Crippen molar-refractivity contribution >= 4 is 21.8 Å². The summed E-state index contributed by atoms with van der Waals surface area (Å²) in [5.41, 5.74) is 11.0. The summed E-state index contributed by atoms with van der Waals surface area (Å²) in [5.74, 6) is 3.23. The van der Waals surface area contributed by atoms with E-state index in [9.17, 15) is 0 Å². The van der Waals surface area contributed by atoms with Gasteiger partial charge in [-0.15, -0.1) is 29.7 Å². The van der Waals surface area contributed by atoms with E-state index in [1.54, 1.807) is 0 Å². The van der Waals surface area contributed by atoms with E-state index < -0.39 is 0 Å². The maximum absolute atomic E-state index is 6.89. The molecule has 0 N–H and O–H groups in total. The number of fused-ring (bicyclic) bond motifs is 3. The molecule has 0 aliphatic rings. The SMILES string of the molecule is CC(C)Cc1cc(CC(C)C)cc(-[n+]2[c-]n(-c3[c-]c(Oc4[c-]c5c(cc4)c4ccccc4n5-c4cc(C(C)(C)C)ccn4)cc(C(C)(C)C)c3)c(C(C)(C)C)c2C(C)(C)C)c1.[Pt]. The normalized spacial score (nSPS) is 12.8. The summed E-state index contributed by atoms with van der Waals surface area (Å²) in [4.78, 5) is 4.89. The van der Waals surface area contributed by atoms with Crippen LogP contribution in [0.5, 0.6) is 11.5 Å². The number of nitrogens with zero attached hydrogens (tertiary/aromatic N) is 4. The number of benzene rings is 4. The molecule has 62 heavy (non-hydrogen) atoms. The number of hydrogen-bond acceptors (Lipinski definition) is 2. The summed E-state index contributed by atoms with van der Waals surface area (Å²) in [7, 11) is 0. The molecule has 0 spiro atoms. The third-order valence-electron chi connectivity index (χ3n) is 11.4. The zero-order chi connectivity index (χ0) is 44.4. The first-order valence-electron chi connectivity index (χ1n) is 22.3. The van der Waals surface area contributed by atoms with E-state index in [-0.39, 0.29) is 42.7 Å². The van der Waals surface area contributed by atoms with Crippen LogP contribution in [-0.2, 0) is 55.6 Å². The molecule has 0 aliphatic carbocycles. The van der Waals surface area contributed by atoms with Gasteiger partial charge in [0.05, 0.1) is 17.1 Å². The Morgan fingerprint density at radius 2 is 1.26 bits per heavy atom. The van der Waals surface area contributed by atoms with Crippen LogP contribution in [0.1, 0.15) is 144 Å². The fourth-order valence-corrected chi connectivity index (χ4v) is 8.64. The van der Waals surface area contributed by atoms with Crippen molar-refractivity contribution in [2.75, 3.05) is 0 Å². The minimum atomic E-state index is -0.224. The molecule has 4 aromatic carbocycles. The number of pyridine rings is 1. The standard InChI is InChI=1S/C56H68N4O.Pt/c1-36(2)25-38-27-39(26-37(3)4)29-42(28-38)58-35-59(52(56(14,15)16)51(58)55(11,12)13)43-30-41(54(8,9)10)31-45(33-43)61-44-21-22-47-46-19-17-18-20-48(46)60(49(47)34-44)50-32-40(23-24-57-50)53(5,6)7;/h17-24,27-32,36-37H,25-26H2,1-16H3;/q-2;. The number of rotatable bonds is 9. The smallest absolute Gasteiger partial charge is 0.267 e. The van der Waals surface area contributed by atoms with Gasteiger partial charge in [-0.1, -0.05) is 152 Å². The first kappa shape index (κ1) is 47.0. The molecule has 0 unspecified atom stereocenters. The summed E-state index contributed by atoms with van der Waals surface area (Å²) >= 11 is 0. The average molecular weight is 1010 g/mol. The quantitative estimate of drug-likeness (QED) is 0.107. The molecule has 7 aromatic rings. The summed E-state index contributed by atoms with van der Waals surface area (Å²) in [6, 6.07) is 36.0. The minimum absolute atomic E-state index is 0. The fourth-order valence-electron chi connectivity index (χ4n) is 8.64. The van der Waals surface area contributed by atoms with Crippen molar-refractivity contribution in [3.8, 4) is 28.7 Å². The van der Waals surface area contributed by atoms with Crippen LogP contribution in [-0.4, -0.2) is 14.1 Å². The molecule has 6 heteroatoms. The molecule has 0 saturated heterocycles. The number of imidazole rings is 1. The molecule has 7 rings (SSSR count). The first-order chi connectivity index (χ1) is 28.4. The molecule has 330 valence electrons. The van der Waals surface area contributed by atoms with E-state index in [1.807, 2.05) is 12.3 Å². The van der Waals surface area contributed by atoms with E-state index in [0.717, 1.165) is 57.4 Å². The van der Waals surface area contributed by atoms with Gasteiger partial charge in [0.2, 0.25) is 0 Å². The zero-order valence-electron chi connectivity index (χ0n) is 40.2. The van der Waals surface area contributed by atoms with Crippen molar-refractivity contribution in [2.45, 2.75) is 145 Å². The van der Waals surface area contributed by atoms with Crippen LogP contribution >= 0.6 is 0 Å². The van der Waals surface area contributed by atoms with Gasteiger partial charge in [0.25, 0.3) is 6.33 Å². The Kier molecular flexibility index (Phi) is 13.1. The summed E-state index contributed by atoms with van der Waals surface area (Å²) < 4.78 is 13.7. The van der Waals surface area contributed by atoms with Crippen LogP contribution in [0.2, 0.25) is 0 Å². The second-order valence-electron chi connectivity index (χ2n) is 22.2. The molecule has 3 heterocycles. The van der Waals surface area contributed by atoms with Crippen LogP contribution in [0.25, 0.3) is 39.0 Å². The molecule has 0 aliphatic heterocycles. The predicted molar refractivity (Wildman–Crippen MR) is 254 cm³/mol. The van der Waals surface area contributed by atoms with Crippen molar-refractivity contribution < 1.29 is 30.4 Å². The third kappa shape index (κ3) is 9.84. The average Bonchev–Trinajstić information content (AvgIpc) is 3.71. The minimum Gasteiger partial charge on any atom is -0.510 e. The Labute approximate surface area is 387 Å². The maximum Gasteiger partial charge on any atom is 0.267 e. The van der Waals surface area contributed by atoms with Gasteiger partial charge < -0.3 is 13.9 Å².